The maximum absolute atomic E-state index is 11.4. The molecule has 17 heavy (non-hydrogen) atoms. The summed E-state index contributed by atoms with van der Waals surface area (Å²) in [6, 6.07) is 0. The van der Waals surface area contributed by atoms with Crippen molar-refractivity contribution in [2.45, 2.75) is 20.3 Å². The second-order valence-corrected chi connectivity index (χ2v) is 3.73. The average Bonchev–Trinajstić information content (AvgIpc) is 2.25. The zero-order valence-electron chi connectivity index (χ0n) is 9.60. The summed E-state index contributed by atoms with van der Waals surface area (Å²) in [6.07, 6.45) is -0.441. The molecule has 94 valence electrons. The molecule has 0 aliphatic rings. The zero-order chi connectivity index (χ0) is 13.7. The van der Waals surface area contributed by atoms with E-state index >= 15 is 0 Å². The number of carboxylic acid groups (broad SMARTS) is 2. The Labute approximate surface area is 97.9 Å². The number of ketones is 2. The van der Waals surface area contributed by atoms with Gasteiger partial charge in [-0.15, -0.1) is 0 Å². The summed E-state index contributed by atoms with van der Waals surface area (Å²) in [5.74, 6) is -6.55. The molecule has 2 N–H and O–H groups in total. The zero-order valence-corrected chi connectivity index (χ0v) is 9.60. The number of hydrogen-bond acceptors (Lipinski definition) is 4. The molecular weight excluding hydrogens is 228 g/mol. The average molecular weight is 242 g/mol. The number of Topliss-reactive ketones (excluding diaryl/α,β-unsaturated/α-hetero) is 2. The van der Waals surface area contributed by atoms with Gasteiger partial charge in [0.2, 0.25) is 0 Å². The predicted molar refractivity (Wildman–Crippen MR) is 57.4 cm³/mol. The molecule has 6 heteroatoms. The van der Waals surface area contributed by atoms with Crippen LogP contribution in [0.4, 0.5) is 0 Å². The molecular formula is C11H14O6. The van der Waals surface area contributed by atoms with Crippen LogP contribution in [0.5, 0.6) is 0 Å². The van der Waals surface area contributed by atoms with Gasteiger partial charge in [-0.05, 0) is 19.4 Å². The smallest absolute Gasteiger partial charge is 0.314 e. The van der Waals surface area contributed by atoms with Crippen LogP contribution in [0.1, 0.15) is 20.3 Å². The van der Waals surface area contributed by atoms with E-state index < -0.39 is 41.8 Å². The number of allylic oxidation sites excluding steroid dienone is 1. The molecule has 0 radical (unpaired) electrons. The lowest BCUT2D eigenvalue weighted by Crippen LogP contribution is -2.26. The molecule has 0 aliphatic carbocycles. The number of carbonyl (C=O) groups excluding carboxylic acids is 2. The quantitative estimate of drug-likeness (QED) is 0.497. The van der Waals surface area contributed by atoms with Crippen molar-refractivity contribution in [3.63, 3.8) is 0 Å². The van der Waals surface area contributed by atoms with Crippen molar-refractivity contribution in [3.8, 4) is 0 Å². The molecule has 0 heterocycles. The molecule has 0 spiro atoms. The summed E-state index contributed by atoms with van der Waals surface area (Å²) < 4.78 is 0. The summed E-state index contributed by atoms with van der Waals surface area (Å²) in [4.78, 5) is 43.8. The van der Waals surface area contributed by atoms with Gasteiger partial charge in [0.1, 0.15) is 11.8 Å². The molecule has 0 amide bonds. The summed E-state index contributed by atoms with van der Waals surface area (Å²) in [5.41, 5.74) is -0.182. The van der Waals surface area contributed by atoms with Crippen LogP contribution in [0.3, 0.4) is 0 Å². The van der Waals surface area contributed by atoms with Gasteiger partial charge in [0.25, 0.3) is 0 Å². The van der Waals surface area contributed by atoms with Gasteiger partial charge in [-0.2, -0.15) is 0 Å². The van der Waals surface area contributed by atoms with Gasteiger partial charge >= 0.3 is 11.9 Å². The van der Waals surface area contributed by atoms with E-state index in [-0.39, 0.29) is 5.57 Å². The SMILES string of the molecule is C=C(CC(=O)C(C)C(=O)O)C(=O)C(C)C(=O)O. The summed E-state index contributed by atoms with van der Waals surface area (Å²) >= 11 is 0. The van der Waals surface area contributed by atoms with Crippen LogP contribution in [0.25, 0.3) is 0 Å². The van der Waals surface area contributed by atoms with Crippen molar-refractivity contribution in [1.82, 2.24) is 0 Å². The van der Waals surface area contributed by atoms with Crippen molar-refractivity contribution >= 4 is 23.5 Å². The van der Waals surface area contributed by atoms with Gasteiger partial charge in [0.15, 0.2) is 11.6 Å². The highest BCUT2D eigenvalue weighted by Crippen LogP contribution is 2.12. The lowest BCUT2D eigenvalue weighted by molar-refractivity contribution is -0.147. The Balaban J connectivity index is 4.56. The maximum Gasteiger partial charge on any atom is 0.314 e. The highest BCUT2D eigenvalue weighted by atomic mass is 16.4. The van der Waals surface area contributed by atoms with Crippen molar-refractivity contribution in [2.75, 3.05) is 0 Å². The van der Waals surface area contributed by atoms with Gasteiger partial charge in [-0.3, -0.25) is 19.2 Å². The Morgan fingerprint density at radius 2 is 1.41 bits per heavy atom. The second-order valence-electron chi connectivity index (χ2n) is 3.73. The molecule has 0 saturated heterocycles. The van der Waals surface area contributed by atoms with Gasteiger partial charge in [-0.1, -0.05) is 6.58 Å². The van der Waals surface area contributed by atoms with E-state index in [1.54, 1.807) is 0 Å². The third-order valence-corrected chi connectivity index (χ3v) is 2.35. The van der Waals surface area contributed by atoms with Crippen LogP contribution < -0.4 is 0 Å². The normalized spacial score (nSPS) is 13.5. The van der Waals surface area contributed by atoms with Crippen LogP contribution >= 0.6 is 0 Å². The first-order valence-electron chi connectivity index (χ1n) is 4.88. The largest absolute Gasteiger partial charge is 0.481 e. The van der Waals surface area contributed by atoms with Crippen LogP contribution in [0.2, 0.25) is 0 Å². The van der Waals surface area contributed by atoms with E-state index in [2.05, 4.69) is 6.58 Å². The fourth-order valence-electron chi connectivity index (χ4n) is 1.01. The Hall–Kier alpha value is -1.98. The number of carbonyl (C=O) groups is 4. The van der Waals surface area contributed by atoms with E-state index in [4.69, 9.17) is 10.2 Å². The Kier molecular flexibility index (Phi) is 5.24. The van der Waals surface area contributed by atoms with Crippen LogP contribution in [-0.4, -0.2) is 33.7 Å². The first-order chi connectivity index (χ1) is 7.68. The minimum absolute atomic E-state index is 0.182. The van der Waals surface area contributed by atoms with Crippen molar-refractivity contribution < 1.29 is 29.4 Å². The van der Waals surface area contributed by atoms with Crippen molar-refractivity contribution in [3.05, 3.63) is 12.2 Å². The highest BCUT2D eigenvalue weighted by molar-refractivity contribution is 6.10. The molecule has 0 aromatic heterocycles. The predicted octanol–water partition coefficient (Wildman–Crippen LogP) is 0.512. The summed E-state index contributed by atoms with van der Waals surface area (Å²) in [7, 11) is 0. The first kappa shape index (κ1) is 15.0. The van der Waals surface area contributed by atoms with Crippen molar-refractivity contribution in [1.29, 1.82) is 0 Å². The second kappa shape index (κ2) is 5.93. The van der Waals surface area contributed by atoms with E-state index in [1.165, 1.54) is 13.8 Å². The fourth-order valence-corrected chi connectivity index (χ4v) is 1.01. The summed E-state index contributed by atoms with van der Waals surface area (Å²) in [5, 5.41) is 17.2. The van der Waals surface area contributed by atoms with Crippen LogP contribution in [0.15, 0.2) is 12.2 Å². The van der Waals surface area contributed by atoms with Gasteiger partial charge in [-0.25, -0.2) is 0 Å². The monoisotopic (exact) mass is 242 g/mol. The Bertz CT molecular complexity index is 381. The molecule has 6 nitrogen and oxygen atoms in total. The minimum atomic E-state index is -1.31. The third-order valence-electron chi connectivity index (χ3n) is 2.35. The van der Waals surface area contributed by atoms with Crippen LogP contribution in [-0.2, 0) is 19.2 Å². The standard InChI is InChI=1S/C11H14O6/c1-5(9(13)7(3)11(16)17)4-8(12)6(2)10(14)15/h6-7H,1,4H2,2-3H3,(H,14,15)(H,16,17). The highest BCUT2D eigenvalue weighted by Gasteiger charge is 2.27. The van der Waals surface area contributed by atoms with Crippen LogP contribution in [0, 0.1) is 11.8 Å². The maximum atomic E-state index is 11.4. The number of hydrogen-bond donors (Lipinski definition) is 2. The molecule has 0 aromatic carbocycles. The van der Waals surface area contributed by atoms with E-state index in [0.29, 0.717) is 0 Å². The topological polar surface area (TPSA) is 109 Å². The summed E-state index contributed by atoms with van der Waals surface area (Å²) in [6.45, 7) is 5.69. The van der Waals surface area contributed by atoms with Crippen molar-refractivity contribution in [2.24, 2.45) is 11.8 Å². The van der Waals surface area contributed by atoms with E-state index in [0.717, 1.165) is 0 Å². The third kappa shape index (κ3) is 4.18. The number of aliphatic carboxylic acids is 2. The number of rotatable bonds is 7. The Morgan fingerprint density at radius 3 is 1.76 bits per heavy atom. The van der Waals surface area contributed by atoms with E-state index in [1.807, 2.05) is 0 Å². The lowest BCUT2D eigenvalue weighted by atomic mass is 9.93. The number of carboxylic acids is 2. The Morgan fingerprint density at radius 1 is 1.00 bits per heavy atom. The molecule has 0 aromatic rings. The van der Waals surface area contributed by atoms with Gasteiger partial charge in [0, 0.05) is 6.42 Å². The van der Waals surface area contributed by atoms with E-state index in [9.17, 15) is 19.2 Å². The van der Waals surface area contributed by atoms with Gasteiger partial charge in [0.05, 0.1) is 0 Å². The first-order valence-corrected chi connectivity index (χ1v) is 4.88. The molecule has 0 fully saturated rings. The lowest BCUT2D eigenvalue weighted by Gasteiger charge is -2.09. The molecule has 0 rings (SSSR count). The molecule has 0 saturated carbocycles. The minimum Gasteiger partial charge on any atom is -0.481 e. The fraction of sp³-hybridized carbons (Fsp3) is 0.455. The molecule has 0 aliphatic heterocycles. The van der Waals surface area contributed by atoms with Gasteiger partial charge < -0.3 is 10.2 Å². The molecule has 2 unspecified atom stereocenters. The molecule has 2 atom stereocenters. The molecule has 0 bridgehead atoms.